The van der Waals surface area contributed by atoms with Gasteiger partial charge in [0.05, 0.1) is 37.0 Å². The van der Waals surface area contributed by atoms with Crippen LogP contribution in [0.4, 0.5) is 10.1 Å². The van der Waals surface area contributed by atoms with Crippen molar-refractivity contribution in [1.82, 2.24) is 0 Å². The molecule has 0 saturated carbocycles. The number of carbonyl (C=O) groups excluding carboxylic acids is 2. The number of nitriles is 1. The van der Waals surface area contributed by atoms with E-state index in [2.05, 4.69) is 6.92 Å². The summed E-state index contributed by atoms with van der Waals surface area (Å²) in [4.78, 5) is 26.2. The largest absolute Gasteiger partial charge is 0.490 e. The molecule has 2 rings (SSSR count). The van der Waals surface area contributed by atoms with Gasteiger partial charge in [0, 0.05) is 6.54 Å². The summed E-state index contributed by atoms with van der Waals surface area (Å²) in [6.45, 7) is 4.17. The van der Waals surface area contributed by atoms with E-state index in [4.69, 9.17) is 19.5 Å². The summed E-state index contributed by atoms with van der Waals surface area (Å²) < 4.78 is 30.5. The molecule has 170 valence electrons. The number of hydrogen-bond donors (Lipinski definition) is 0. The van der Waals surface area contributed by atoms with Crippen molar-refractivity contribution in [3.63, 3.8) is 0 Å². The van der Waals surface area contributed by atoms with Gasteiger partial charge in [-0.25, -0.2) is 9.18 Å². The van der Waals surface area contributed by atoms with Crippen LogP contribution in [0.1, 0.15) is 43.5 Å². The Balaban J connectivity index is 2.09. The number of esters is 1. The molecular weight excluding hydrogens is 415 g/mol. The number of rotatable bonds is 12. The summed E-state index contributed by atoms with van der Waals surface area (Å²) in [6.07, 6.45) is 1.88. The van der Waals surface area contributed by atoms with Crippen molar-refractivity contribution in [3.05, 3.63) is 53.8 Å². The minimum Gasteiger partial charge on any atom is -0.490 e. The maximum atomic E-state index is 14.1. The molecule has 0 aliphatic heterocycles. The molecular formula is C24H27FN2O5. The van der Waals surface area contributed by atoms with E-state index in [0.717, 1.165) is 17.7 Å². The molecule has 0 aliphatic carbocycles. The van der Waals surface area contributed by atoms with E-state index in [1.165, 1.54) is 30.3 Å². The Hall–Kier alpha value is -3.60. The number of hydrogen-bond acceptors (Lipinski definition) is 6. The minimum atomic E-state index is -0.729. The number of anilines is 1. The van der Waals surface area contributed by atoms with Crippen LogP contribution in [-0.2, 0) is 9.53 Å². The van der Waals surface area contributed by atoms with Gasteiger partial charge in [-0.2, -0.15) is 5.26 Å². The Morgan fingerprint density at radius 3 is 2.56 bits per heavy atom. The zero-order chi connectivity index (χ0) is 23.3. The average Bonchev–Trinajstić information content (AvgIpc) is 2.80. The highest BCUT2D eigenvalue weighted by Gasteiger charge is 2.21. The molecule has 32 heavy (non-hydrogen) atoms. The maximum Gasteiger partial charge on any atom is 0.338 e. The topological polar surface area (TPSA) is 88.9 Å². The number of benzene rings is 2. The normalized spacial score (nSPS) is 10.2. The second-order valence-corrected chi connectivity index (χ2v) is 6.78. The van der Waals surface area contributed by atoms with Crippen LogP contribution in [0.2, 0.25) is 0 Å². The van der Waals surface area contributed by atoms with Gasteiger partial charge >= 0.3 is 5.97 Å². The van der Waals surface area contributed by atoms with Crippen molar-refractivity contribution < 1.29 is 28.2 Å². The predicted octanol–water partition coefficient (Wildman–Crippen LogP) is 4.51. The predicted molar refractivity (Wildman–Crippen MR) is 117 cm³/mol. The summed E-state index contributed by atoms with van der Waals surface area (Å²) in [5, 5.41) is 8.85. The Morgan fingerprint density at radius 2 is 1.88 bits per heavy atom. The molecule has 0 atom stereocenters. The second kappa shape index (κ2) is 13.0. The van der Waals surface area contributed by atoms with Crippen LogP contribution >= 0.6 is 0 Å². The monoisotopic (exact) mass is 442 g/mol. The third-order valence-electron chi connectivity index (χ3n) is 4.45. The van der Waals surface area contributed by atoms with Crippen LogP contribution in [0.15, 0.2) is 42.5 Å². The number of para-hydroxylation sites is 1. The van der Waals surface area contributed by atoms with E-state index in [1.54, 1.807) is 12.1 Å². The van der Waals surface area contributed by atoms with Gasteiger partial charge in [0.2, 0.25) is 0 Å². The minimum absolute atomic E-state index is 0.00519. The summed E-state index contributed by atoms with van der Waals surface area (Å²) in [6, 6.07) is 12.3. The first kappa shape index (κ1) is 24.7. The number of nitrogens with zero attached hydrogens (tertiary/aromatic N) is 2. The maximum absolute atomic E-state index is 14.1. The molecule has 2 aromatic rings. The lowest BCUT2D eigenvalue weighted by Gasteiger charge is -2.22. The van der Waals surface area contributed by atoms with Gasteiger partial charge in [-0.1, -0.05) is 25.5 Å². The zero-order valence-corrected chi connectivity index (χ0v) is 18.3. The molecule has 0 unspecified atom stereocenters. The van der Waals surface area contributed by atoms with Crippen LogP contribution in [0.3, 0.4) is 0 Å². The summed E-state index contributed by atoms with van der Waals surface area (Å²) in [7, 11) is 0. The Kier molecular flexibility index (Phi) is 9.98. The molecule has 0 aliphatic rings. The summed E-state index contributed by atoms with van der Waals surface area (Å²) in [5.74, 6) is -1.04. The average molecular weight is 442 g/mol. The molecule has 8 heteroatoms. The third kappa shape index (κ3) is 6.98. The molecule has 1 amide bonds. The molecule has 7 nitrogen and oxygen atoms in total. The molecule has 0 saturated heterocycles. The highest BCUT2D eigenvalue weighted by molar-refractivity contribution is 5.97. The van der Waals surface area contributed by atoms with E-state index in [0.29, 0.717) is 24.7 Å². The van der Waals surface area contributed by atoms with Crippen molar-refractivity contribution in [1.29, 1.82) is 5.26 Å². The van der Waals surface area contributed by atoms with Gasteiger partial charge in [0.25, 0.3) is 5.91 Å². The van der Waals surface area contributed by atoms with Crippen LogP contribution < -0.4 is 14.4 Å². The SMILES string of the molecule is CCCCOc1ccc(C(=O)OCC(=O)N(CCC#N)c2ccccc2F)cc1OCC. The number of amides is 1. The van der Waals surface area contributed by atoms with Gasteiger partial charge in [-0.05, 0) is 43.7 Å². The van der Waals surface area contributed by atoms with E-state index in [9.17, 15) is 14.0 Å². The van der Waals surface area contributed by atoms with E-state index in [1.807, 2.05) is 13.0 Å². The quantitative estimate of drug-likeness (QED) is 0.355. The Morgan fingerprint density at radius 1 is 1.09 bits per heavy atom. The lowest BCUT2D eigenvalue weighted by molar-refractivity contribution is -0.121. The first-order valence-corrected chi connectivity index (χ1v) is 10.5. The number of carbonyl (C=O) groups is 2. The molecule has 0 N–H and O–H groups in total. The summed E-state index contributed by atoms with van der Waals surface area (Å²) >= 11 is 0. The molecule has 0 heterocycles. The van der Waals surface area contributed by atoms with E-state index in [-0.39, 0.29) is 24.2 Å². The van der Waals surface area contributed by atoms with Crippen molar-refractivity contribution in [2.24, 2.45) is 0 Å². The highest BCUT2D eigenvalue weighted by Crippen LogP contribution is 2.29. The Labute approximate surface area is 187 Å². The molecule has 0 bridgehead atoms. The van der Waals surface area contributed by atoms with Gasteiger partial charge < -0.3 is 19.1 Å². The molecule has 0 radical (unpaired) electrons. The van der Waals surface area contributed by atoms with Gasteiger partial charge in [-0.15, -0.1) is 0 Å². The second-order valence-electron chi connectivity index (χ2n) is 6.78. The van der Waals surface area contributed by atoms with Gasteiger partial charge in [0.1, 0.15) is 5.82 Å². The Bertz CT molecular complexity index is 958. The van der Waals surface area contributed by atoms with E-state index < -0.39 is 24.3 Å². The first-order chi connectivity index (χ1) is 15.5. The lowest BCUT2D eigenvalue weighted by atomic mass is 10.2. The fraction of sp³-hybridized carbons (Fsp3) is 0.375. The van der Waals surface area contributed by atoms with Crippen molar-refractivity contribution in [3.8, 4) is 17.6 Å². The van der Waals surface area contributed by atoms with Gasteiger partial charge in [0.15, 0.2) is 18.1 Å². The zero-order valence-electron chi connectivity index (χ0n) is 18.3. The highest BCUT2D eigenvalue weighted by atomic mass is 19.1. The van der Waals surface area contributed by atoms with Crippen LogP contribution in [0, 0.1) is 17.1 Å². The molecule has 0 aromatic heterocycles. The fourth-order valence-electron chi connectivity index (χ4n) is 2.85. The molecule has 2 aromatic carbocycles. The molecule has 0 fully saturated rings. The van der Waals surface area contributed by atoms with Gasteiger partial charge in [-0.3, -0.25) is 4.79 Å². The fourth-order valence-corrected chi connectivity index (χ4v) is 2.85. The standard InChI is InChI=1S/C24H27FN2O5/c1-3-5-15-31-21-12-11-18(16-22(21)30-4-2)24(29)32-17-23(28)27(14-8-13-26)20-10-7-6-9-19(20)25/h6-7,9-12,16H,3-5,8,14-15,17H2,1-2H3. The van der Waals surface area contributed by atoms with Crippen LogP contribution in [0.25, 0.3) is 0 Å². The first-order valence-electron chi connectivity index (χ1n) is 10.5. The summed E-state index contributed by atoms with van der Waals surface area (Å²) in [5.41, 5.74) is 0.217. The smallest absolute Gasteiger partial charge is 0.338 e. The van der Waals surface area contributed by atoms with Crippen LogP contribution in [-0.4, -0.2) is 38.2 Å². The van der Waals surface area contributed by atoms with Crippen LogP contribution in [0.5, 0.6) is 11.5 Å². The third-order valence-corrected chi connectivity index (χ3v) is 4.45. The van der Waals surface area contributed by atoms with Crippen molar-refractivity contribution in [2.75, 3.05) is 31.3 Å². The van der Waals surface area contributed by atoms with E-state index >= 15 is 0 Å². The lowest BCUT2D eigenvalue weighted by Crippen LogP contribution is -2.36. The number of ether oxygens (including phenoxy) is 3. The van der Waals surface area contributed by atoms with Crippen molar-refractivity contribution >= 4 is 17.6 Å². The van der Waals surface area contributed by atoms with Crippen molar-refractivity contribution in [2.45, 2.75) is 33.1 Å². The molecule has 0 spiro atoms. The number of unbranched alkanes of at least 4 members (excludes halogenated alkanes) is 1. The number of halogens is 1.